The normalized spacial score (nSPS) is 11.5. The van der Waals surface area contributed by atoms with Gasteiger partial charge in [0.25, 0.3) is 0 Å². The van der Waals surface area contributed by atoms with Crippen LogP contribution in [0.3, 0.4) is 0 Å². The Morgan fingerprint density at radius 2 is 1.58 bits per heavy atom. The van der Waals surface area contributed by atoms with Crippen LogP contribution in [0.15, 0.2) is 90.1 Å². The lowest BCUT2D eigenvalue weighted by Gasteiger charge is -2.12. The minimum atomic E-state index is -0.308. The maximum atomic E-state index is 14.0. The molecule has 0 bridgehead atoms. The van der Waals surface area contributed by atoms with Crippen molar-refractivity contribution < 1.29 is 13.6 Å². The van der Waals surface area contributed by atoms with Crippen LogP contribution in [0.1, 0.15) is 23.7 Å². The Bertz CT molecular complexity index is 1230. The van der Waals surface area contributed by atoms with E-state index in [2.05, 4.69) is 5.16 Å². The summed E-state index contributed by atoms with van der Waals surface area (Å²) < 4.78 is 29.3. The van der Waals surface area contributed by atoms with Crippen molar-refractivity contribution in [3.8, 4) is 16.9 Å². The third-order valence-corrected chi connectivity index (χ3v) is 5.09. The van der Waals surface area contributed by atoms with Crippen LogP contribution in [0.5, 0.6) is 0 Å². The molecule has 3 aromatic carbocycles. The summed E-state index contributed by atoms with van der Waals surface area (Å²) in [5.74, 6) is -0.604. The minimum absolute atomic E-state index is 0.171. The SMILES string of the molecule is C/C(=N/OCc1cccc(F)c1)c1cc(-c2ccccc2)n(-c2cccc(F)c2)c1C. The molecule has 0 unspecified atom stereocenters. The van der Waals surface area contributed by atoms with Crippen molar-refractivity contribution in [1.82, 2.24) is 4.57 Å². The molecule has 1 heterocycles. The van der Waals surface area contributed by atoms with Gasteiger partial charge in [0.05, 0.1) is 11.4 Å². The first-order valence-electron chi connectivity index (χ1n) is 9.98. The van der Waals surface area contributed by atoms with E-state index < -0.39 is 0 Å². The summed E-state index contributed by atoms with van der Waals surface area (Å²) >= 11 is 0. The summed E-state index contributed by atoms with van der Waals surface area (Å²) in [6, 6.07) is 24.7. The maximum Gasteiger partial charge on any atom is 0.142 e. The summed E-state index contributed by atoms with van der Waals surface area (Å²) in [6.07, 6.45) is 0. The van der Waals surface area contributed by atoms with Crippen LogP contribution in [0.2, 0.25) is 0 Å². The Balaban J connectivity index is 1.71. The highest BCUT2D eigenvalue weighted by Gasteiger charge is 2.17. The summed E-state index contributed by atoms with van der Waals surface area (Å²) in [5, 5.41) is 4.25. The third kappa shape index (κ3) is 4.56. The van der Waals surface area contributed by atoms with E-state index in [9.17, 15) is 8.78 Å². The van der Waals surface area contributed by atoms with Crippen LogP contribution in [0, 0.1) is 18.6 Å². The van der Waals surface area contributed by atoms with Crippen molar-refractivity contribution in [1.29, 1.82) is 0 Å². The number of rotatable bonds is 6. The Morgan fingerprint density at radius 3 is 2.29 bits per heavy atom. The number of benzene rings is 3. The standard InChI is InChI=1S/C26H22F2N2O/c1-18(29-31-17-20-8-6-11-22(27)14-20)25-16-26(21-9-4-3-5-10-21)30(19(25)2)24-13-7-12-23(28)15-24/h3-16H,17H2,1-2H3/b29-18-. The van der Waals surface area contributed by atoms with Crippen LogP contribution in [-0.2, 0) is 11.4 Å². The molecule has 0 aliphatic rings. The molecule has 0 atom stereocenters. The van der Waals surface area contributed by atoms with E-state index >= 15 is 0 Å². The fourth-order valence-corrected chi connectivity index (χ4v) is 3.62. The van der Waals surface area contributed by atoms with Crippen LogP contribution in [-0.4, -0.2) is 10.3 Å². The fraction of sp³-hybridized carbons (Fsp3) is 0.115. The average molecular weight is 416 g/mol. The smallest absolute Gasteiger partial charge is 0.142 e. The molecule has 3 nitrogen and oxygen atoms in total. The molecule has 0 aliphatic carbocycles. The zero-order chi connectivity index (χ0) is 21.8. The number of aromatic nitrogens is 1. The molecule has 1 aromatic heterocycles. The van der Waals surface area contributed by atoms with Crippen molar-refractivity contribution in [2.45, 2.75) is 20.5 Å². The maximum absolute atomic E-state index is 14.0. The average Bonchev–Trinajstić information content (AvgIpc) is 3.11. The van der Waals surface area contributed by atoms with Gasteiger partial charge in [-0.25, -0.2) is 8.78 Å². The molecular weight excluding hydrogens is 394 g/mol. The number of nitrogens with zero attached hydrogens (tertiary/aromatic N) is 2. The summed E-state index contributed by atoms with van der Waals surface area (Å²) in [5.41, 5.74) is 5.86. The predicted octanol–water partition coefficient (Wildman–Crippen LogP) is 6.67. The van der Waals surface area contributed by atoms with E-state index in [1.54, 1.807) is 18.2 Å². The van der Waals surface area contributed by atoms with Gasteiger partial charge in [-0.05, 0) is 61.4 Å². The van der Waals surface area contributed by atoms with Gasteiger partial charge >= 0.3 is 0 Å². The highest BCUT2D eigenvalue weighted by atomic mass is 19.1. The second-order valence-electron chi connectivity index (χ2n) is 7.29. The van der Waals surface area contributed by atoms with Crippen LogP contribution >= 0.6 is 0 Å². The number of hydrogen-bond donors (Lipinski definition) is 0. The summed E-state index contributed by atoms with van der Waals surface area (Å²) in [4.78, 5) is 5.48. The highest BCUT2D eigenvalue weighted by Crippen LogP contribution is 2.30. The van der Waals surface area contributed by atoms with Gasteiger partial charge in [0.2, 0.25) is 0 Å². The van der Waals surface area contributed by atoms with E-state index in [-0.39, 0.29) is 18.2 Å². The molecule has 0 fully saturated rings. The first kappa shape index (κ1) is 20.5. The summed E-state index contributed by atoms with van der Waals surface area (Å²) in [7, 11) is 0. The van der Waals surface area contributed by atoms with Gasteiger partial charge in [0, 0.05) is 16.9 Å². The minimum Gasteiger partial charge on any atom is -0.391 e. The van der Waals surface area contributed by atoms with Gasteiger partial charge in [-0.15, -0.1) is 0 Å². The Morgan fingerprint density at radius 1 is 0.871 bits per heavy atom. The van der Waals surface area contributed by atoms with Gasteiger partial charge in [0.1, 0.15) is 18.2 Å². The topological polar surface area (TPSA) is 26.5 Å². The van der Waals surface area contributed by atoms with E-state index in [4.69, 9.17) is 4.84 Å². The van der Waals surface area contributed by atoms with E-state index in [1.165, 1.54) is 24.3 Å². The van der Waals surface area contributed by atoms with Crippen molar-refractivity contribution >= 4 is 5.71 Å². The van der Waals surface area contributed by atoms with Gasteiger partial charge in [-0.2, -0.15) is 0 Å². The van der Waals surface area contributed by atoms with Crippen LogP contribution < -0.4 is 0 Å². The second kappa shape index (κ2) is 8.96. The molecule has 0 spiro atoms. The van der Waals surface area contributed by atoms with Gasteiger partial charge < -0.3 is 9.40 Å². The molecule has 0 saturated heterocycles. The third-order valence-electron chi connectivity index (χ3n) is 5.09. The van der Waals surface area contributed by atoms with Crippen LogP contribution in [0.25, 0.3) is 16.9 Å². The molecule has 0 saturated carbocycles. The predicted molar refractivity (Wildman–Crippen MR) is 119 cm³/mol. The lowest BCUT2D eigenvalue weighted by atomic mass is 10.1. The number of hydrogen-bond acceptors (Lipinski definition) is 2. The van der Waals surface area contributed by atoms with E-state index in [0.29, 0.717) is 11.3 Å². The monoisotopic (exact) mass is 416 g/mol. The van der Waals surface area contributed by atoms with E-state index in [1.807, 2.05) is 60.9 Å². The molecule has 156 valence electrons. The zero-order valence-corrected chi connectivity index (χ0v) is 17.3. The van der Waals surface area contributed by atoms with Crippen molar-refractivity contribution in [2.24, 2.45) is 5.16 Å². The Kier molecular flexibility index (Phi) is 5.94. The quantitative estimate of drug-likeness (QED) is 0.255. The zero-order valence-electron chi connectivity index (χ0n) is 17.3. The first-order valence-corrected chi connectivity index (χ1v) is 9.98. The van der Waals surface area contributed by atoms with Crippen molar-refractivity contribution in [3.63, 3.8) is 0 Å². The number of oxime groups is 1. The first-order chi connectivity index (χ1) is 15.0. The molecular formula is C26H22F2N2O. The molecule has 31 heavy (non-hydrogen) atoms. The summed E-state index contributed by atoms with van der Waals surface area (Å²) in [6.45, 7) is 4.00. The molecule has 4 rings (SSSR count). The second-order valence-corrected chi connectivity index (χ2v) is 7.29. The Labute approximate surface area is 180 Å². The lowest BCUT2D eigenvalue weighted by molar-refractivity contribution is 0.130. The molecule has 5 heteroatoms. The van der Waals surface area contributed by atoms with E-state index in [0.717, 1.165) is 28.2 Å². The largest absolute Gasteiger partial charge is 0.391 e. The van der Waals surface area contributed by atoms with Gasteiger partial charge in [0.15, 0.2) is 0 Å². The Hall–Kier alpha value is -3.73. The van der Waals surface area contributed by atoms with Gasteiger partial charge in [-0.3, -0.25) is 0 Å². The van der Waals surface area contributed by atoms with Crippen molar-refractivity contribution in [3.05, 3.63) is 113 Å². The molecule has 0 N–H and O–H groups in total. The van der Waals surface area contributed by atoms with Crippen LogP contribution in [0.4, 0.5) is 8.78 Å². The molecule has 0 amide bonds. The molecule has 0 aliphatic heterocycles. The highest BCUT2D eigenvalue weighted by molar-refractivity contribution is 6.01. The lowest BCUT2D eigenvalue weighted by Crippen LogP contribution is -2.03. The fourth-order valence-electron chi connectivity index (χ4n) is 3.62. The molecule has 0 radical (unpaired) electrons. The van der Waals surface area contributed by atoms with Gasteiger partial charge in [-0.1, -0.05) is 53.7 Å². The van der Waals surface area contributed by atoms with Crippen molar-refractivity contribution in [2.75, 3.05) is 0 Å². The molecule has 4 aromatic rings. The number of halogens is 2.